The van der Waals surface area contributed by atoms with E-state index >= 15 is 0 Å². The van der Waals surface area contributed by atoms with Crippen LogP contribution in [0.3, 0.4) is 0 Å². The predicted molar refractivity (Wildman–Crippen MR) is 245 cm³/mol. The van der Waals surface area contributed by atoms with E-state index in [1.54, 1.807) is 58.3 Å². The van der Waals surface area contributed by atoms with Gasteiger partial charge in [0.2, 0.25) is 17.8 Å². The lowest BCUT2D eigenvalue weighted by molar-refractivity contribution is -0.123. The molecule has 2 aromatic carbocycles. The fourth-order valence-electron chi connectivity index (χ4n) is 8.11. The first kappa shape index (κ1) is 46.4. The second-order valence-electron chi connectivity index (χ2n) is 17.0. The Kier molecular flexibility index (Phi) is 14.9. The molecule has 0 radical (unpaired) electrons. The summed E-state index contributed by atoms with van der Waals surface area (Å²) >= 11 is 0. The van der Waals surface area contributed by atoms with E-state index in [-0.39, 0.29) is 58.7 Å². The van der Waals surface area contributed by atoms with Gasteiger partial charge in [0, 0.05) is 92.9 Å². The van der Waals surface area contributed by atoms with Crippen LogP contribution in [0.5, 0.6) is 0 Å². The Labute approximate surface area is 386 Å². The number of hydrogen-bond donors (Lipinski definition) is 6. The molecule has 5 amide bonds. The molecule has 9 rings (SSSR count). The molecule has 5 fully saturated rings. The Balaban J connectivity index is 0.000000184. The van der Waals surface area contributed by atoms with Gasteiger partial charge in [-0.05, 0) is 87.1 Å². The Morgan fingerprint density at radius 3 is 1.45 bits per heavy atom. The molecular weight excluding hydrogens is 865 g/mol. The summed E-state index contributed by atoms with van der Waals surface area (Å²) in [6, 6.07) is 13.9. The maximum Gasteiger partial charge on any atom is 0.273 e. The van der Waals surface area contributed by atoms with Gasteiger partial charge in [-0.3, -0.25) is 24.0 Å². The minimum absolute atomic E-state index is 0.0132. The smallest absolute Gasteiger partial charge is 0.273 e. The van der Waals surface area contributed by atoms with Crippen molar-refractivity contribution in [2.45, 2.75) is 50.6 Å². The van der Waals surface area contributed by atoms with E-state index in [1.165, 1.54) is 0 Å². The van der Waals surface area contributed by atoms with E-state index in [4.69, 9.17) is 26.7 Å². The highest BCUT2D eigenvalue weighted by atomic mass is 16.5. The van der Waals surface area contributed by atoms with Crippen LogP contribution in [0, 0.1) is 5.92 Å². The van der Waals surface area contributed by atoms with Gasteiger partial charge in [0.15, 0.2) is 23.0 Å². The van der Waals surface area contributed by atoms with Gasteiger partial charge < -0.3 is 62.2 Å². The standard InChI is InChI=1S/C24H30N8O4.C20H26N8O3/c25-20(33)19-21(26-17-7-5-16(6-8-17)23(35)31-10-12-36-13-11-31)28-24(30-29-19)32-9-1-2-18(14-32)27-22(34)15-3-4-15;21-14-2-1-7-28(12-14)20-24-18(16(17(22)29)25-26-20)23-15-5-3-13(4-6-15)19(30)27-8-10-31-11-9-27/h5-8,15,18H,1-4,9-14H2,(H2,25,33)(H,27,34)(H,26,28,30);3-6,14H,1-2,7-12,21H2,(H2,22,29)(H,23,24,26)/t18-;14-/m11/s1. The third kappa shape index (κ3) is 12.0. The van der Waals surface area contributed by atoms with Gasteiger partial charge in [0.1, 0.15) is 0 Å². The first-order valence-electron chi connectivity index (χ1n) is 22.6. The van der Waals surface area contributed by atoms with E-state index < -0.39 is 11.8 Å². The first-order valence-corrected chi connectivity index (χ1v) is 22.6. The molecule has 0 spiro atoms. The summed E-state index contributed by atoms with van der Waals surface area (Å²) in [7, 11) is 0. The van der Waals surface area contributed by atoms with Crippen LogP contribution < -0.4 is 43.0 Å². The molecule has 4 aromatic rings. The number of carbonyl (C=O) groups is 5. The third-order valence-corrected chi connectivity index (χ3v) is 11.9. The Hall–Kier alpha value is -7.11. The fourth-order valence-corrected chi connectivity index (χ4v) is 8.11. The zero-order valence-electron chi connectivity index (χ0n) is 37.1. The van der Waals surface area contributed by atoms with Crippen molar-refractivity contribution in [2.75, 3.05) is 99.2 Å². The number of carbonyl (C=O) groups excluding carboxylic acids is 5. The molecule has 9 N–H and O–H groups in total. The molecule has 0 bridgehead atoms. The van der Waals surface area contributed by atoms with Crippen molar-refractivity contribution in [1.29, 1.82) is 0 Å². The van der Waals surface area contributed by atoms with Crippen LogP contribution in [0.2, 0.25) is 0 Å². The maximum atomic E-state index is 12.7. The van der Waals surface area contributed by atoms with Gasteiger partial charge in [-0.1, -0.05) is 0 Å². The third-order valence-electron chi connectivity index (χ3n) is 11.9. The number of anilines is 6. The van der Waals surface area contributed by atoms with Crippen molar-refractivity contribution in [2.24, 2.45) is 23.1 Å². The fraction of sp³-hybridized carbons (Fsp3) is 0.477. The molecule has 354 valence electrons. The Morgan fingerprint density at radius 2 is 1.01 bits per heavy atom. The Bertz CT molecular complexity index is 2410. The largest absolute Gasteiger partial charge is 0.378 e. The minimum Gasteiger partial charge on any atom is -0.378 e. The van der Waals surface area contributed by atoms with Crippen LogP contribution >= 0.6 is 0 Å². The topological polar surface area (TPSA) is 308 Å². The van der Waals surface area contributed by atoms with Crippen LogP contribution in [-0.4, -0.2) is 161 Å². The first-order chi connectivity index (χ1) is 32.5. The van der Waals surface area contributed by atoms with E-state index in [0.29, 0.717) is 107 Å². The van der Waals surface area contributed by atoms with E-state index in [2.05, 4.69) is 46.3 Å². The number of ether oxygens (including phenoxy) is 2. The monoisotopic (exact) mass is 920 g/mol. The maximum absolute atomic E-state index is 12.7. The molecule has 0 unspecified atom stereocenters. The van der Waals surface area contributed by atoms with Crippen molar-refractivity contribution in [3.63, 3.8) is 0 Å². The second kappa shape index (κ2) is 21.5. The molecule has 1 saturated carbocycles. The SMILES string of the molecule is NC(=O)c1nnc(N2CCC[C@@H](N)C2)nc1Nc1ccc(C(=O)N2CCOCC2)cc1.NC(=O)c1nnc(N2CCC[C@@H](NC(=O)C3CC3)C2)nc1Nc1ccc(C(=O)N2CCOCC2)cc1. The Morgan fingerprint density at radius 1 is 0.567 bits per heavy atom. The summed E-state index contributed by atoms with van der Waals surface area (Å²) in [6.07, 6.45) is 5.57. The predicted octanol–water partition coefficient (Wildman–Crippen LogP) is 0.796. The molecule has 5 aliphatic rings. The lowest BCUT2D eigenvalue weighted by Gasteiger charge is -2.33. The van der Waals surface area contributed by atoms with Crippen LogP contribution in [-0.2, 0) is 14.3 Å². The zero-order valence-corrected chi connectivity index (χ0v) is 37.1. The van der Waals surface area contributed by atoms with Gasteiger partial charge >= 0.3 is 0 Å². The number of nitrogens with one attached hydrogen (secondary N) is 3. The summed E-state index contributed by atoms with van der Waals surface area (Å²) in [5.41, 5.74) is 19.3. The van der Waals surface area contributed by atoms with Crippen molar-refractivity contribution < 1.29 is 33.4 Å². The molecule has 23 nitrogen and oxygen atoms in total. The number of primary amides is 2. The van der Waals surface area contributed by atoms with E-state index in [0.717, 1.165) is 45.1 Å². The zero-order chi connectivity index (χ0) is 46.9. The highest BCUT2D eigenvalue weighted by Crippen LogP contribution is 2.30. The van der Waals surface area contributed by atoms with Crippen LogP contribution in [0.25, 0.3) is 0 Å². The van der Waals surface area contributed by atoms with Crippen molar-refractivity contribution in [3.8, 4) is 0 Å². The van der Waals surface area contributed by atoms with Crippen molar-refractivity contribution in [1.82, 2.24) is 45.5 Å². The second-order valence-corrected chi connectivity index (χ2v) is 17.0. The highest BCUT2D eigenvalue weighted by Gasteiger charge is 2.33. The molecule has 4 saturated heterocycles. The van der Waals surface area contributed by atoms with E-state index in [9.17, 15) is 24.0 Å². The summed E-state index contributed by atoms with van der Waals surface area (Å²) in [4.78, 5) is 77.7. The molecular formula is C44H56N16O7. The normalized spacial score (nSPS) is 19.7. The number of aromatic nitrogens is 6. The summed E-state index contributed by atoms with van der Waals surface area (Å²) in [5.74, 6) is -0.175. The molecule has 23 heteroatoms. The average Bonchev–Trinajstić information content (AvgIpc) is 4.21. The number of nitrogens with zero attached hydrogens (tertiary/aromatic N) is 10. The average molecular weight is 921 g/mol. The van der Waals surface area contributed by atoms with Gasteiger partial charge in [0.05, 0.1) is 26.4 Å². The van der Waals surface area contributed by atoms with Gasteiger partial charge in [-0.15, -0.1) is 20.4 Å². The van der Waals surface area contributed by atoms with E-state index in [1.807, 2.05) is 9.80 Å². The number of nitrogens with two attached hydrogens (primary N) is 3. The number of amides is 5. The molecule has 4 aliphatic heterocycles. The molecule has 1 aliphatic carbocycles. The highest BCUT2D eigenvalue weighted by molar-refractivity contribution is 5.98. The van der Waals surface area contributed by atoms with Crippen LogP contribution in [0.15, 0.2) is 48.5 Å². The minimum atomic E-state index is -0.753. The molecule has 67 heavy (non-hydrogen) atoms. The lowest BCUT2D eigenvalue weighted by atomic mass is 10.1. The summed E-state index contributed by atoms with van der Waals surface area (Å²) in [5, 5.41) is 25.5. The van der Waals surface area contributed by atoms with Gasteiger partial charge in [-0.2, -0.15) is 9.97 Å². The number of morpholine rings is 2. The number of hydrogen-bond acceptors (Lipinski definition) is 18. The van der Waals surface area contributed by atoms with Crippen LogP contribution in [0.1, 0.15) is 80.2 Å². The molecule has 2 aromatic heterocycles. The van der Waals surface area contributed by atoms with Crippen LogP contribution in [0.4, 0.5) is 34.9 Å². The molecule has 2 atom stereocenters. The molecule has 6 heterocycles. The van der Waals surface area contributed by atoms with Gasteiger partial charge in [-0.25, -0.2) is 0 Å². The van der Waals surface area contributed by atoms with Crippen molar-refractivity contribution >= 4 is 64.4 Å². The number of piperidine rings is 2. The summed E-state index contributed by atoms with van der Waals surface area (Å²) < 4.78 is 10.6. The quantitative estimate of drug-likeness (QED) is 0.114. The number of benzene rings is 2. The summed E-state index contributed by atoms with van der Waals surface area (Å²) in [6.45, 7) is 7.13. The van der Waals surface area contributed by atoms with Crippen molar-refractivity contribution in [3.05, 3.63) is 71.0 Å². The lowest BCUT2D eigenvalue weighted by Crippen LogP contribution is -2.48. The van der Waals surface area contributed by atoms with Gasteiger partial charge in [0.25, 0.3) is 23.6 Å². The number of rotatable bonds is 12.